The number of nitrogens with one attached hydrogen (secondary N) is 1. The van der Waals surface area contributed by atoms with Crippen LogP contribution in [-0.2, 0) is 11.3 Å². The van der Waals surface area contributed by atoms with E-state index in [-0.39, 0.29) is 23.6 Å². The Bertz CT molecular complexity index is 892. The third-order valence-electron chi connectivity index (χ3n) is 3.48. The van der Waals surface area contributed by atoms with E-state index >= 15 is 0 Å². The van der Waals surface area contributed by atoms with Gasteiger partial charge in [0.05, 0.1) is 36.7 Å². The van der Waals surface area contributed by atoms with Gasteiger partial charge < -0.3 is 10.1 Å². The Balaban J connectivity index is 1.70. The van der Waals surface area contributed by atoms with Crippen LogP contribution in [0.5, 0.6) is 0 Å². The fraction of sp³-hybridized carbons (Fsp3) is 0.118. The average Bonchev–Trinajstić information content (AvgIpc) is 3.15. The summed E-state index contributed by atoms with van der Waals surface area (Å²) in [5.41, 5.74) is 1.86. The van der Waals surface area contributed by atoms with E-state index in [0.29, 0.717) is 5.69 Å². The molecule has 0 bridgehead atoms. The predicted octanol–water partition coefficient (Wildman–Crippen LogP) is 1.38. The number of ether oxygens (including phenoxy) is 1. The second-order valence-corrected chi connectivity index (χ2v) is 5.08. The molecule has 126 valence electrons. The van der Waals surface area contributed by atoms with Crippen LogP contribution in [0.2, 0.25) is 0 Å². The van der Waals surface area contributed by atoms with E-state index in [4.69, 9.17) is 4.74 Å². The molecule has 2 heterocycles. The van der Waals surface area contributed by atoms with Crippen molar-refractivity contribution >= 4 is 11.9 Å². The summed E-state index contributed by atoms with van der Waals surface area (Å²) in [4.78, 5) is 28.0. The molecule has 0 unspecified atom stereocenters. The van der Waals surface area contributed by atoms with Crippen LogP contribution >= 0.6 is 0 Å². The quantitative estimate of drug-likeness (QED) is 0.706. The number of hydrogen-bond donors (Lipinski definition) is 1. The van der Waals surface area contributed by atoms with Crippen molar-refractivity contribution in [2.45, 2.75) is 6.54 Å². The Kier molecular flexibility index (Phi) is 4.79. The van der Waals surface area contributed by atoms with Gasteiger partial charge >= 0.3 is 5.97 Å². The SMILES string of the molecule is COC(=O)c1ccccc1C(=O)NCc1cn(-c2ccncc2)nn1. The largest absolute Gasteiger partial charge is 0.465 e. The molecule has 0 aliphatic rings. The van der Waals surface area contributed by atoms with Gasteiger partial charge in [0.15, 0.2) is 0 Å². The van der Waals surface area contributed by atoms with E-state index in [9.17, 15) is 9.59 Å². The maximum absolute atomic E-state index is 12.4. The smallest absolute Gasteiger partial charge is 0.338 e. The third kappa shape index (κ3) is 3.69. The Morgan fingerprint density at radius 2 is 1.84 bits per heavy atom. The summed E-state index contributed by atoms with van der Waals surface area (Å²) in [5.74, 6) is -0.950. The molecule has 2 aromatic heterocycles. The minimum absolute atomic E-state index is 0.180. The molecule has 0 saturated carbocycles. The van der Waals surface area contributed by atoms with Crippen LogP contribution in [0.4, 0.5) is 0 Å². The van der Waals surface area contributed by atoms with Gasteiger partial charge in [-0.2, -0.15) is 0 Å². The molecule has 3 rings (SSSR count). The second-order valence-electron chi connectivity index (χ2n) is 5.08. The molecule has 1 N–H and O–H groups in total. The highest BCUT2D eigenvalue weighted by Crippen LogP contribution is 2.10. The number of nitrogens with zero attached hydrogens (tertiary/aromatic N) is 4. The topological polar surface area (TPSA) is 99.0 Å². The highest BCUT2D eigenvalue weighted by Gasteiger charge is 2.17. The number of rotatable bonds is 5. The van der Waals surface area contributed by atoms with Crippen molar-refractivity contribution in [3.8, 4) is 5.69 Å². The van der Waals surface area contributed by atoms with Gasteiger partial charge in [0.25, 0.3) is 5.91 Å². The minimum atomic E-state index is -0.561. The zero-order valence-corrected chi connectivity index (χ0v) is 13.4. The highest BCUT2D eigenvalue weighted by atomic mass is 16.5. The van der Waals surface area contributed by atoms with Crippen LogP contribution in [0.1, 0.15) is 26.4 Å². The van der Waals surface area contributed by atoms with Crippen LogP contribution in [0.15, 0.2) is 55.0 Å². The normalized spacial score (nSPS) is 10.3. The molecule has 0 fully saturated rings. The Morgan fingerprint density at radius 1 is 1.12 bits per heavy atom. The number of pyridine rings is 1. The maximum Gasteiger partial charge on any atom is 0.338 e. The molecule has 0 saturated heterocycles. The number of methoxy groups -OCH3 is 1. The van der Waals surface area contributed by atoms with Gasteiger partial charge in [-0.15, -0.1) is 5.10 Å². The fourth-order valence-electron chi connectivity index (χ4n) is 2.24. The lowest BCUT2D eigenvalue weighted by Crippen LogP contribution is -2.25. The summed E-state index contributed by atoms with van der Waals surface area (Å²) in [5, 5.41) is 10.8. The average molecular weight is 337 g/mol. The van der Waals surface area contributed by atoms with Crippen LogP contribution in [0.25, 0.3) is 5.69 Å². The monoisotopic (exact) mass is 337 g/mol. The molecular weight excluding hydrogens is 322 g/mol. The Morgan fingerprint density at radius 3 is 2.56 bits per heavy atom. The first-order chi connectivity index (χ1) is 12.2. The molecule has 8 heteroatoms. The van der Waals surface area contributed by atoms with Crippen molar-refractivity contribution in [2.75, 3.05) is 7.11 Å². The molecule has 0 spiro atoms. The van der Waals surface area contributed by atoms with E-state index in [2.05, 4.69) is 20.6 Å². The van der Waals surface area contributed by atoms with Gasteiger partial charge in [-0.25, -0.2) is 9.48 Å². The van der Waals surface area contributed by atoms with Crippen molar-refractivity contribution in [1.82, 2.24) is 25.3 Å². The lowest BCUT2D eigenvalue weighted by molar-refractivity contribution is 0.0596. The van der Waals surface area contributed by atoms with E-state index in [1.165, 1.54) is 7.11 Å². The Labute approximate surface area is 143 Å². The van der Waals surface area contributed by atoms with Crippen LogP contribution in [0, 0.1) is 0 Å². The first-order valence-corrected chi connectivity index (χ1v) is 7.46. The van der Waals surface area contributed by atoms with Crippen molar-refractivity contribution in [2.24, 2.45) is 0 Å². The number of carbonyl (C=O) groups is 2. The number of benzene rings is 1. The number of esters is 1. The molecule has 0 atom stereocenters. The zero-order chi connectivity index (χ0) is 17.6. The summed E-state index contributed by atoms with van der Waals surface area (Å²) in [7, 11) is 1.27. The van der Waals surface area contributed by atoms with Crippen molar-refractivity contribution in [1.29, 1.82) is 0 Å². The first kappa shape index (κ1) is 16.3. The molecule has 1 amide bonds. The van der Waals surface area contributed by atoms with E-state index in [0.717, 1.165) is 5.69 Å². The highest BCUT2D eigenvalue weighted by molar-refractivity contribution is 6.05. The number of aromatic nitrogens is 4. The molecule has 1 aromatic carbocycles. The van der Waals surface area contributed by atoms with E-state index < -0.39 is 5.97 Å². The Hall–Kier alpha value is -3.55. The molecule has 3 aromatic rings. The third-order valence-corrected chi connectivity index (χ3v) is 3.48. The first-order valence-electron chi connectivity index (χ1n) is 7.46. The van der Waals surface area contributed by atoms with Gasteiger partial charge in [0.1, 0.15) is 5.69 Å². The van der Waals surface area contributed by atoms with Crippen molar-refractivity contribution in [3.63, 3.8) is 0 Å². The summed E-state index contributed by atoms with van der Waals surface area (Å²) in [6.45, 7) is 0.180. The molecule has 0 aliphatic heterocycles. The standard InChI is InChI=1S/C17H15N5O3/c1-25-17(24)15-5-3-2-4-14(15)16(23)19-10-12-11-22(21-20-12)13-6-8-18-9-7-13/h2-9,11H,10H2,1H3,(H,19,23). The van der Waals surface area contributed by atoms with Crippen LogP contribution < -0.4 is 5.32 Å². The lowest BCUT2D eigenvalue weighted by Gasteiger charge is -2.07. The number of carbonyl (C=O) groups excluding carboxylic acids is 2. The summed E-state index contributed by atoms with van der Waals surface area (Å²) < 4.78 is 6.28. The van der Waals surface area contributed by atoms with Crippen LogP contribution in [0.3, 0.4) is 0 Å². The minimum Gasteiger partial charge on any atom is -0.465 e. The molecule has 0 radical (unpaired) electrons. The van der Waals surface area contributed by atoms with E-state index in [1.807, 2.05) is 0 Å². The van der Waals surface area contributed by atoms with Crippen molar-refractivity contribution in [3.05, 3.63) is 71.8 Å². The van der Waals surface area contributed by atoms with Crippen molar-refractivity contribution < 1.29 is 14.3 Å². The van der Waals surface area contributed by atoms with Gasteiger partial charge in [0, 0.05) is 12.4 Å². The van der Waals surface area contributed by atoms with Gasteiger partial charge in [-0.3, -0.25) is 9.78 Å². The second kappa shape index (κ2) is 7.35. The maximum atomic E-state index is 12.4. The predicted molar refractivity (Wildman–Crippen MR) is 88.1 cm³/mol. The lowest BCUT2D eigenvalue weighted by atomic mass is 10.1. The van der Waals surface area contributed by atoms with E-state index in [1.54, 1.807) is 59.7 Å². The summed E-state index contributed by atoms with van der Waals surface area (Å²) in [6.07, 6.45) is 5.02. The van der Waals surface area contributed by atoms with Crippen LogP contribution in [-0.4, -0.2) is 39.0 Å². The fourth-order valence-corrected chi connectivity index (χ4v) is 2.24. The summed E-state index contributed by atoms with van der Waals surface area (Å²) in [6, 6.07) is 10.0. The molecular formula is C17H15N5O3. The zero-order valence-electron chi connectivity index (χ0n) is 13.4. The van der Waals surface area contributed by atoms with Gasteiger partial charge in [0.2, 0.25) is 0 Å². The summed E-state index contributed by atoms with van der Waals surface area (Å²) >= 11 is 0. The molecule has 25 heavy (non-hydrogen) atoms. The molecule has 8 nitrogen and oxygen atoms in total. The molecule has 0 aliphatic carbocycles. The van der Waals surface area contributed by atoms with Gasteiger partial charge in [-0.05, 0) is 24.3 Å². The number of amides is 1. The van der Waals surface area contributed by atoms with Gasteiger partial charge in [-0.1, -0.05) is 17.3 Å². The number of hydrogen-bond acceptors (Lipinski definition) is 6.